The second-order valence-corrected chi connectivity index (χ2v) is 3.64. The third-order valence-corrected chi connectivity index (χ3v) is 2.42. The molecule has 2 N–H and O–H groups in total. The van der Waals surface area contributed by atoms with Crippen molar-refractivity contribution in [2.24, 2.45) is 0 Å². The number of phenolic OH excluding ortho intramolecular Hbond substituents is 1. The van der Waals surface area contributed by atoms with Crippen LogP contribution in [0.3, 0.4) is 0 Å². The summed E-state index contributed by atoms with van der Waals surface area (Å²) in [6, 6.07) is 4.90. The summed E-state index contributed by atoms with van der Waals surface area (Å²) in [5.74, 6) is 0.722. The zero-order valence-corrected chi connectivity index (χ0v) is 9.19. The molecule has 0 saturated carbocycles. The fourth-order valence-corrected chi connectivity index (χ4v) is 1.58. The van der Waals surface area contributed by atoms with E-state index in [0.29, 0.717) is 22.3 Å². The van der Waals surface area contributed by atoms with Crippen molar-refractivity contribution < 1.29 is 14.6 Å². The Morgan fingerprint density at radius 1 is 1.12 bits per heavy atom. The lowest BCUT2D eigenvalue weighted by atomic mass is 10.1. The fraction of sp³-hybridized carbons (Fsp3) is 0.154. The molecule has 0 aliphatic carbocycles. The number of allylic oxidation sites excluding steroid dienone is 1. The molecular formula is C13H13O3+. The van der Waals surface area contributed by atoms with Gasteiger partial charge in [0.2, 0.25) is 5.75 Å². The van der Waals surface area contributed by atoms with Gasteiger partial charge in [-0.1, -0.05) is 12.2 Å². The second-order valence-electron chi connectivity index (χ2n) is 3.64. The molecule has 0 aliphatic heterocycles. The van der Waals surface area contributed by atoms with Crippen LogP contribution in [0.15, 0.2) is 28.7 Å². The van der Waals surface area contributed by atoms with Crippen molar-refractivity contribution in [2.75, 3.05) is 0 Å². The van der Waals surface area contributed by atoms with Crippen molar-refractivity contribution in [3.05, 3.63) is 35.6 Å². The van der Waals surface area contributed by atoms with E-state index >= 15 is 0 Å². The summed E-state index contributed by atoms with van der Waals surface area (Å²) in [7, 11) is 0. The molecule has 0 fully saturated rings. The summed E-state index contributed by atoms with van der Waals surface area (Å²) >= 11 is 0. The lowest BCUT2D eigenvalue weighted by Crippen LogP contribution is -1.81. The van der Waals surface area contributed by atoms with E-state index < -0.39 is 0 Å². The van der Waals surface area contributed by atoms with Gasteiger partial charge in [-0.05, 0) is 13.0 Å². The molecule has 1 aromatic carbocycles. The van der Waals surface area contributed by atoms with Gasteiger partial charge in [0.1, 0.15) is 5.75 Å². The highest BCUT2D eigenvalue weighted by Gasteiger charge is 2.16. The Morgan fingerprint density at radius 3 is 2.50 bits per heavy atom. The SMILES string of the molecule is C/C=C/c1cc2[o+]c(C)c(O)cc2cc1O. The molecule has 3 nitrogen and oxygen atoms in total. The fourth-order valence-electron chi connectivity index (χ4n) is 1.58. The number of phenols is 1. The number of rotatable bonds is 1. The predicted octanol–water partition coefficient (Wildman–Crippen LogP) is 3.47. The summed E-state index contributed by atoms with van der Waals surface area (Å²) in [5, 5.41) is 19.9. The summed E-state index contributed by atoms with van der Waals surface area (Å²) in [4.78, 5) is 0. The average molecular weight is 217 g/mol. The standard InChI is InChI=1S/C13H12O3/c1-3-4-9-7-13-10(6-12(9)15)5-11(14)8(2)16-13/h3-7H,1-2H3,(H-,14,15)/p+1/b4-3+. The van der Waals surface area contributed by atoms with E-state index in [4.69, 9.17) is 4.42 Å². The molecule has 0 amide bonds. The number of hydrogen-bond acceptors (Lipinski definition) is 2. The third-order valence-electron chi connectivity index (χ3n) is 2.42. The van der Waals surface area contributed by atoms with Crippen molar-refractivity contribution in [1.29, 1.82) is 0 Å². The first-order valence-electron chi connectivity index (χ1n) is 5.04. The summed E-state index contributed by atoms with van der Waals surface area (Å²) in [6.45, 7) is 3.57. The van der Waals surface area contributed by atoms with Gasteiger partial charge in [-0.3, -0.25) is 0 Å². The Labute approximate surface area is 93.3 Å². The number of fused-ring (bicyclic) bond motifs is 1. The maximum Gasteiger partial charge on any atom is 0.368 e. The number of aromatic hydroxyl groups is 2. The molecule has 82 valence electrons. The van der Waals surface area contributed by atoms with Crippen LogP contribution in [0.25, 0.3) is 17.0 Å². The number of aryl methyl sites for hydroxylation is 1. The van der Waals surface area contributed by atoms with Crippen LogP contribution < -0.4 is 0 Å². The van der Waals surface area contributed by atoms with E-state index in [2.05, 4.69) is 0 Å². The molecule has 0 radical (unpaired) electrons. The molecule has 0 spiro atoms. The average Bonchev–Trinajstić information content (AvgIpc) is 2.23. The van der Waals surface area contributed by atoms with E-state index in [9.17, 15) is 10.2 Å². The predicted molar refractivity (Wildman–Crippen MR) is 63.4 cm³/mol. The maximum atomic E-state index is 9.73. The van der Waals surface area contributed by atoms with Crippen molar-refractivity contribution in [3.8, 4) is 11.5 Å². The summed E-state index contributed by atoms with van der Waals surface area (Å²) < 4.78 is 5.44. The van der Waals surface area contributed by atoms with Crippen LogP contribution in [0.4, 0.5) is 0 Å². The van der Waals surface area contributed by atoms with Gasteiger partial charge >= 0.3 is 11.3 Å². The summed E-state index contributed by atoms with van der Waals surface area (Å²) in [6.07, 6.45) is 3.64. The Balaban J connectivity index is 2.74. The quantitative estimate of drug-likeness (QED) is 0.719. The van der Waals surface area contributed by atoms with Crippen molar-refractivity contribution in [2.45, 2.75) is 13.8 Å². The van der Waals surface area contributed by atoms with Crippen LogP contribution in [0.5, 0.6) is 11.5 Å². The van der Waals surface area contributed by atoms with Gasteiger partial charge in [-0.2, -0.15) is 0 Å². The zero-order chi connectivity index (χ0) is 11.7. The van der Waals surface area contributed by atoms with Crippen LogP contribution in [0.1, 0.15) is 18.2 Å². The minimum absolute atomic E-state index is 0.0886. The Hall–Kier alpha value is -2.03. The van der Waals surface area contributed by atoms with Gasteiger partial charge in [0.15, 0.2) is 0 Å². The van der Waals surface area contributed by atoms with Crippen LogP contribution >= 0.6 is 0 Å². The number of hydrogen-bond donors (Lipinski definition) is 2. The van der Waals surface area contributed by atoms with Crippen molar-refractivity contribution in [1.82, 2.24) is 0 Å². The molecule has 0 unspecified atom stereocenters. The Bertz CT molecular complexity index is 571. The molecule has 2 rings (SSSR count). The van der Waals surface area contributed by atoms with Gasteiger partial charge in [0.05, 0.1) is 18.4 Å². The van der Waals surface area contributed by atoms with Crippen LogP contribution in [-0.4, -0.2) is 10.2 Å². The van der Waals surface area contributed by atoms with E-state index in [1.165, 1.54) is 0 Å². The maximum absolute atomic E-state index is 9.73. The molecule has 3 heteroatoms. The molecule has 1 heterocycles. The van der Waals surface area contributed by atoms with E-state index in [1.54, 1.807) is 31.2 Å². The van der Waals surface area contributed by atoms with Gasteiger partial charge in [-0.25, -0.2) is 4.42 Å². The van der Waals surface area contributed by atoms with Gasteiger partial charge in [0.25, 0.3) is 0 Å². The first kappa shape index (κ1) is 10.5. The first-order valence-corrected chi connectivity index (χ1v) is 5.04. The molecule has 2 aromatic rings. The Morgan fingerprint density at radius 2 is 1.81 bits per heavy atom. The van der Waals surface area contributed by atoms with Crippen LogP contribution in [-0.2, 0) is 0 Å². The number of benzene rings is 1. The third kappa shape index (κ3) is 1.72. The van der Waals surface area contributed by atoms with Gasteiger partial charge < -0.3 is 10.2 Å². The smallest absolute Gasteiger partial charge is 0.368 e. The molecule has 0 bridgehead atoms. The highest BCUT2D eigenvalue weighted by Crippen LogP contribution is 2.30. The molecule has 0 saturated heterocycles. The second kappa shape index (κ2) is 3.85. The minimum atomic E-state index is 0.0886. The molecule has 1 aromatic heterocycles. The Kier molecular flexibility index (Phi) is 2.52. The topological polar surface area (TPSA) is 51.8 Å². The first-order chi connectivity index (χ1) is 7.61. The molecule has 0 aliphatic rings. The van der Waals surface area contributed by atoms with Gasteiger partial charge in [0, 0.05) is 11.6 Å². The van der Waals surface area contributed by atoms with E-state index in [-0.39, 0.29) is 11.5 Å². The molecular weight excluding hydrogens is 204 g/mol. The van der Waals surface area contributed by atoms with Crippen LogP contribution in [0, 0.1) is 6.92 Å². The zero-order valence-electron chi connectivity index (χ0n) is 9.19. The highest BCUT2D eigenvalue weighted by atomic mass is 16.4. The lowest BCUT2D eigenvalue weighted by Gasteiger charge is -1.98. The lowest BCUT2D eigenvalue weighted by molar-refractivity contribution is 0.431. The van der Waals surface area contributed by atoms with E-state index in [0.717, 1.165) is 0 Å². The molecule has 16 heavy (non-hydrogen) atoms. The molecule has 0 atom stereocenters. The largest absolute Gasteiger partial charge is 0.507 e. The highest BCUT2D eigenvalue weighted by molar-refractivity contribution is 5.83. The van der Waals surface area contributed by atoms with E-state index in [1.807, 2.05) is 13.0 Å². The van der Waals surface area contributed by atoms with Gasteiger partial charge in [-0.15, -0.1) is 0 Å². The minimum Gasteiger partial charge on any atom is -0.507 e. The monoisotopic (exact) mass is 217 g/mol. The summed E-state index contributed by atoms with van der Waals surface area (Å²) in [5.41, 5.74) is 1.34. The van der Waals surface area contributed by atoms with Crippen molar-refractivity contribution in [3.63, 3.8) is 0 Å². The van der Waals surface area contributed by atoms with Crippen LogP contribution in [0.2, 0.25) is 0 Å². The van der Waals surface area contributed by atoms with Crippen molar-refractivity contribution >= 4 is 17.0 Å². The normalized spacial score (nSPS) is 11.4.